The summed E-state index contributed by atoms with van der Waals surface area (Å²) < 4.78 is 1.89. The van der Waals surface area contributed by atoms with Crippen LogP contribution in [-0.4, -0.2) is 50.6 Å². The summed E-state index contributed by atoms with van der Waals surface area (Å²) in [5, 5.41) is 7.22. The normalized spacial score (nSPS) is 16.8. The van der Waals surface area contributed by atoms with Crippen molar-refractivity contribution < 1.29 is 14.4 Å². The zero-order chi connectivity index (χ0) is 19.5. The quantitative estimate of drug-likeness (QED) is 0.783. The van der Waals surface area contributed by atoms with Crippen LogP contribution in [0.25, 0.3) is 5.69 Å². The molecule has 2 aromatic rings. The molecule has 1 aliphatic heterocycles. The minimum absolute atomic E-state index is 0.182. The average Bonchev–Trinajstić information content (AvgIpc) is 3.12. The van der Waals surface area contributed by atoms with Crippen LogP contribution in [0, 0.1) is 0 Å². The van der Waals surface area contributed by atoms with Crippen molar-refractivity contribution in [1.82, 2.24) is 20.0 Å². The molecular formula is C20H22N4O3S. The van der Waals surface area contributed by atoms with Crippen molar-refractivity contribution in [2.24, 2.45) is 0 Å². The maximum absolute atomic E-state index is 12.8. The number of para-hydroxylation sites is 1. The summed E-state index contributed by atoms with van der Waals surface area (Å²) in [7, 11) is 0. The van der Waals surface area contributed by atoms with E-state index < -0.39 is 0 Å². The first kappa shape index (κ1) is 18.7. The first-order valence-electron chi connectivity index (χ1n) is 9.56. The summed E-state index contributed by atoms with van der Waals surface area (Å²) in [6.07, 6.45) is 5.01. The van der Waals surface area contributed by atoms with Crippen LogP contribution in [0.2, 0.25) is 0 Å². The number of aromatic nitrogens is 2. The van der Waals surface area contributed by atoms with Gasteiger partial charge in [-0.05, 0) is 37.8 Å². The highest BCUT2D eigenvalue weighted by Crippen LogP contribution is 2.26. The second-order valence-corrected chi connectivity index (χ2v) is 7.86. The van der Waals surface area contributed by atoms with Gasteiger partial charge in [0, 0.05) is 24.3 Å². The summed E-state index contributed by atoms with van der Waals surface area (Å²) >= 11 is 1.000. The van der Waals surface area contributed by atoms with Crippen molar-refractivity contribution in [2.75, 3.05) is 18.8 Å². The number of nitrogens with zero attached hydrogens (tertiary/aromatic N) is 3. The highest BCUT2D eigenvalue weighted by atomic mass is 32.2. The Hall–Kier alpha value is -2.61. The summed E-state index contributed by atoms with van der Waals surface area (Å²) in [5.41, 5.74) is 3.53. The molecule has 28 heavy (non-hydrogen) atoms. The Morgan fingerprint density at radius 3 is 2.64 bits per heavy atom. The summed E-state index contributed by atoms with van der Waals surface area (Å²) in [5.74, 6) is -0.270. The Morgan fingerprint density at radius 1 is 1.11 bits per heavy atom. The number of carbonyl (C=O) groups excluding carboxylic acids is 3. The van der Waals surface area contributed by atoms with E-state index in [2.05, 4.69) is 10.4 Å². The molecule has 1 aliphatic carbocycles. The van der Waals surface area contributed by atoms with E-state index >= 15 is 0 Å². The van der Waals surface area contributed by atoms with Crippen LogP contribution >= 0.6 is 11.8 Å². The number of benzene rings is 1. The lowest BCUT2D eigenvalue weighted by molar-refractivity contribution is -0.124. The van der Waals surface area contributed by atoms with Crippen LogP contribution in [0.3, 0.4) is 0 Å². The molecule has 0 unspecified atom stereocenters. The lowest BCUT2D eigenvalue weighted by Gasteiger charge is -2.12. The maximum Gasteiger partial charge on any atom is 0.288 e. The van der Waals surface area contributed by atoms with Crippen molar-refractivity contribution in [3.63, 3.8) is 0 Å². The van der Waals surface area contributed by atoms with Crippen molar-refractivity contribution >= 4 is 28.8 Å². The summed E-state index contributed by atoms with van der Waals surface area (Å²) in [4.78, 5) is 37.4. The van der Waals surface area contributed by atoms with Gasteiger partial charge in [0.1, 0.15) is 0 Å². The first-order valence-corrected chi connectivity index (χ1v) is 10.5. The molecule has 0 bridgehead atoms. The average molecular weight is 398 g/mol. The zero-order valence-electron chi connectivity index (χ0n) is 15.5. The van der Waals surface area contributed by atoms with Crippen molar-refractivity contribution in [1.29, 1.82) is 0 Å². The lowest BCUT2D eigenvalue weighted by atomic mass is 10.1. The molecule has 0 atom stereocenters. The van der Waals surface area contributed by atoms with Gasteiger partial charge in [0.2, 0.25) is 5.91 Å². The van der Waals surface area contributed by atoms with E-state index in [1.807, 2.05) is 35.0 Å². The number of hydrogen-bond acceptors (Lipinski definition) is 5. The summed E-state index contributed by atoms with van der Waals surface area (Å²) in [6, 6.07) is 9.85. The molecule has 1 aromatic heterocycles. The highest BCUT2D eigenvalue weighted by molar-refractivity contribution is 8.14. The van der Waals surface area contributed by atoms with Gasteiger partial charge in [0.15, 0.2) is 5.69 Å². The molecule has 7 nitrogen and oxygen atoms in total. The number of hydrogen-bond donors (Lipinski definition) is 1. The van der Waals surface area contributed by atoms with E-state index in [1.54, 1.807) is 0 Å². The lowest BCUT2D eigenvalue weighted by Crippen LogP contribution is -2.37. The van der Waals surface area contributed by atoms with E-state index in [9.17, 15) is 14.4 Å². The van der Waals surface area contributed by atoms with Crippen LogP contribution in [0.1, 0.15) is 41.0 Å². The van der Waals surface area contributed by atoms with Crippen LogP contribution < -0.4 is 5.32 Å². The number of nitrogens with one attached hydrogen (secondary N) is 1. The van der Waals surface area contributed by atoms with E-state index in [4.69, 9.17) is 0 Å². The van der Waals surface area contributed by atoms with Crippen LogP contribution in [0.5, 0.6) is 0 Å². The fourth-order valence-corrected chi connectivity index (χ4v) is 4.45. The highest BCUT2D eigenvalue weighted by Gasteiger charge is 2.30. The van der Waals surface area contributed by atoms with Gasteiger partial charge in [-0.2, -0.15) is 5.10 Å². The Kier molecular flexibility index (Phi) is 5.47. The molecular weight excluding hydrogens is 376 g/mol. The predicted octanol–water partition coefficient (Wildman–Crippen LogP) is 2.57. The van der Waals surface area contributed by atoms with E-state index in [0.29, 0.717) is 5.69 Å². The molecule has 1 N–H and O–H groups in total. The van der Waals surface area contributed by atoms with Gasteiger partial charge in [-0.1, -0.05) is 36.4 Å². The van der Waals surface area contributed by atoms with Crippen molar-refractivity contribution in [3.05, 3.63) is 47.3 Å². The van der Waals surface area contributed by atoms with Gasteiger partial charge in [0.25, 0.3) is 11.1 Å². The molecule has 0 saturated carbocycles. The fraction of sp³-hybridized carbons (Fsp3) is 0.400. The third-order valence-electron chi connectivity index (χ3n) is 5.11. The zero-order valence-corrected chi connectivity index (χ0v) is 16.3. The van der Waals surface area contributed by atoms with Gasteiger partial charge in [-0.25, -0.2) is 4.68 Å². The van der Waals surface area contributed by atoms with Gasteiger partial charge in [-0.15, -0.1) is 0 Å². The van der Waals surface area contributed by atoms with Crippen LogP contribution in [0.15, 0.2) is 30.3 Å². The topological polar surface area (TPSA) is 84.3 Å². The number of rotatable bonds is 5. The Balaban J connectivity index is 1.53. The third kappa shape index (κ3) is 3.69. The number of carbonyl (C=O) groups is 3. The number of amides is 3. The van der Waals surface area contributed by atoms with Crippen molar-refractivity contribution in [3.8, 4) is 5.69 Å². The molecule has 2 aliphatic rings. The summed E-state index contributed by atoms with van der Waals surface area (Å²) in [6.45, 7) is 0.418. The number of fused-ring (bicyclic) bond motifs is 1. The molecule has 2 heterocycles. The van der Waals surface area contributed by atoms with Crippen LogP contribution in [-0.2, 0) is 17.6 Å². The molecule has 4 rings (SSSR count). The molecule has 1 fully saturated rings. The molecule has 0 radical (unpaired) electrons. The van der Waals surface area contributed by atoms with E-state index in [0.717, 1.165) is 60.8 Å². The predicted molar refractivity (Wildman–Crippen MR) is 107 cm³/mol. The van der Waals surface area contributed by atoms with Gasteiger partial charge in [0.05, 0.1) is 11.4 Å². The molecule has 1 saturated heterocycles. The maximum atomic E-state index is 12.8. The molecule has 3 amide bonds. The Morgan fingerprint density at radius 2 is 1.89 bits per heavy atom. The second-order valence-electron chi connectivity index (χ2n) is 6.94. The largest absolute Gasteiger partial charge is 0.349 e. The molecule has 146 valence electrons. The monoisotopic (exact) mass is 398 g/mol. The number of thioether (sulfide) groups is 1. The molecule has 0 spiro atoms. The van der Waals surface area contributed by atoms with E-state index in [1.165, 1.54) is 4.90 Å². The second kappa shape index (κ2) is 8.18. The minimum Gasteiger partial charge on any atom is -0.349 e. The molecule has 8 heteroatoms. The van der Waals surface area contributed by atoms with E-state index in [-0.39, 0.29) is 35.9 Å². The Labute approximate surface area is 167 Å². The SMILES string of the molecule is O=C(NCCN1C(=O)CSC1=O)c1nn(-c2ccccc2)c2c1CCCCC2. The Bertz CT molecular complexity index is 894. The number of imide groups is 1. The van der Waals surface area contributed by atoms with Gasteiger partial charge < -0.3 is 5.32 Å². The van der Waals surface area contributed by atoms with Gasteiger partial charge >= 0.3 is 0 Å². The molecule has 1 aromatic carbocycles. The standard InChI is InChI=1S/C20H22N4O3S/c25-17-13-28-20(27)23(17)12-11-21-19(26)18-15-9-5-2-6-10-16(15)24(22-18)14-7-3-1-4-8-14/h1,3-4,7-8H,2,5-6,9-13H2,(H,21,26). The van der Waals surface area contributed by atoms with Crippen molar-refractivity contribution in [2.45, 2.75) is 32.1 Å². The fourth-order valence-electron chi connectivity index (χ4n) is 3.70. The van der Waals surface area contributed by atoms with Crippen LogP contribution in [0.4, 0.5) is 4.79 Å². The third-order valence-corrected chi connectivity index (χ3v) is 5.97. The smallest absolute Gasteiger partial charge is 0.288 e. The van der Waals surface area contributed by atoms with Gasteiger partial charge in [-0.3, -0.25) is 19.3 Å². The first-order chi connectivity index (χ1) is 13.6. The minimum atomic E-state index is -0.250.